The average molecular weight is 258 g/mol. The van der Waals surface area contributed by atoms with Crippen LogP contribution in [-0.2, 0) is 4.79 Å². The van der Waals surface area contributed by atoms with Gasteiger partial charge in [-0.3, -0.25) is 4.79 Å². The van der Waals surface area contributed by atoms with Crippen molar-refractivity contribution in [2.75, 3.05) is 25.4 Å². The standard InChI is InChI=1S/C12H16F2N2O2/c1-3-16(4-2)12(17)7-18-11-6-8(13)10(15)5-9(11)14/h5-6H,3-4,7,15H2,1-2H3. The van der Waals surface area contributed by atoms with E-state index >= 15 is 0 Å². The van der Waals surface area contributed by atoms with Crippen LogP contribution < -0.4 is 10.5 Å². The average Bonchev–Trinajstić information content (AvgIpc) is 2.33. The fraction of sp³-hybridized carbons (Fsp3) is 0.417. The maximum absolute atomic E-state index is 13.3. The lowest BCUT2D eigenvalue weighted by molar-refractivity contribution is -0.133. The Bertz CT molecular complexity index is 434. The van der Waals surface area contributed by atoms with Gasteiger partial charge in [0.1, 0.15) is 5.82 Å². The molecule has 2 N–H and O–H groups in total. The van der Waals surface area contributed by atoms with E-state index < -0.39 is 11.6 Å². The maximum Gasteiger partial charge on any atom is 0.260 e. The van der Waals surface area contributed by atoms with Gasteiger partial charge in [0.05, 0.1) is 5.69 Å². The van der Waals surface area contributed by atoms with Crippen LogP contribution in [0.25, 0.3) is 0 Å². The molecular weight excluding hydrogens is 242 g/mol. The molecule has 0 aliphatic heterocycles. The second-order valence-electron chi connectivity index (χ2n) is 3.66. The first-order valence-corrected chi connectivity index (χ1v) is 5.64. The number of rotatable bonds is 5. The molecule has 100 valence electrons. The predicted molar refractivity (Wildman–Crippen MR) is 64.2 cm³/mol. The fourth-order valence-electron chi connectivity index (χ4n) is 1.46. The van der Waals surface area contributed by atoms with Crippen molar-refractivity contribution in [2.24, 2.45) is 0 Å². The minimum atomic E-state index is -0.791. The van der Waals surface area contributed by atoms with Crippen LogP contribution in [-0.4, -0.2) is 30.5 Å². The number of benzene rings is 1. The van der Waals surface area contributed by atoms with E-state index in [4.69, 9.17) is 10.5 Å². The summed E-state index contributed by atoms with van der Waals surface area (Å²) in [4.78, 5) is 13.1. The monoisotopic (exact) mass is 258 g/mol. The van der Waals surface area contributed by atoms with E-state index in [9.17, 15) is 13.6 Å². The summed E-state index contributed by atoms with van der Waals surface area (Å²) < 4.78 is 31.4. The molecule has 0 saturated carbocycles. The predicted octanol–water partition coefficient (Wildman–Crippen LogP) is 1.79. The molecule has 0 aliphatic rings. The van der Waals surface area contributed by atoms with Gasteiger partial charge >= 0.3 is 0 Å². The first-order chi connectivity index (χ1) is 8.49. The molecule has 1 aromatic rings. The molecule has 0 aliphatic carbocycles. The minimum Gasteiger partial charge on any atom is -0.481 e. The minimum absolute atomic E-state index is 0.281. The highest BCUT2D eigenvalue weighted by Gasteiger charge is 2.13. The van der Waals surface area contributed by atoms with E-state index in [2.05, 4.69) is 0 Å². The highest BCUT2D eigenvalue weighted by Crippen LogP contribution is 2.22. The van der Waals surface area contributed by atoms with E-state index in [0.29, 0.717) is 13.1 Å². The van der Waals surface area contributed by atoms with E-state index in [1.807, 2.05) is 13.8 Å². The Morgan fingerprint density at radius 3 is 2.44 bits per heavy atom. The van der Waals surface area contributed by atoms with Crippen molar-refractivity contribution < 1.29 is 18.3 Å². The number of anilines is 1. The Morgan fingerprint density at radius 2 is 1.89 bits per heavy atom. The first kappa shape index (κ1) is 14.2. The number of hydrogen-bond acceptors (Lipinski definition) is 3. The number of nitrogens with two attached hydrogens (primary N) is 1. The van der Waals surface area contributed by atoms with Gasteiger partial charge in [-0.25, -0.2) is 8.78 Å². The van der Waals surface area contributed by atoms with Crippen molar-refractivity contribution in [3.63, 3.8) is 0 Å². The third-order valence-electron chi connectivity index (χ3n) is 2.52. The van der Waals surface area contributed by atoms with Crippen LogP contribution in [0.1, 0.15) is 13.8 Å². The molecule has 0 atom stereocenters. The largest absolute Gasteiger partial charge is 0.481 e. The van der Waals surface area contributed by atoms with Crippen LogP contribution in [0.5, 0.6) is 5.75 Å². The number of nitrogen functional groups attached to an aromatic ring is 1. The van der Waals surface area contributed by atoms with Gasteiger partial charge in [-0.15, -0.1) is 0 Å². The number of likely N-dealkylation sites (N-methyl/N-ethyl adjacent to an activating group) is 1. The molecule has 0 bridgehead atoms. The number of ether oxygens (including phenoxy) is 1. The second kappa shape index (κ2) is 6.18. The van der Waals surface area contributed by atoms with Crippen molar-refractivity contribution in [1.82, 2.24) is 4.90 Å². The van der Waals surface area contributed by atoms with Crippen molar-refractivity contribution >= 4 is 11.6 Å². The van der Waals surface area contributed by atoms with Crippen molar-refractivity contribution in [3.05, 3.63) is 23.8 Å². The summed E-state index contributed by atoms with van der Waals surface area (Å²) in [6.45, 7) is 4.40. The van der Waals surface area contributed by atoms with Crippen LogP contribution in [0.2, 0.25) is 0 Å². The van der Waals surface area contributed by atoms with Gasteiger partial charge in [-0.05, 0) is 13.8 Å². The molecule has 1 aromatic carbocycles. The van der Waals surface area contributed by atoms with Crippen LogP contribution in [0.15, 0.2) is 12.1 Å². The SMILES string of the molecule is CCN(CC)C(=O)COc1cc(F)c(N)cc1F. The zero-order chi connectivity index (χ0) is 13.7. The molecule has 0 fully saturated rings. The molecule has 6 heteroatoms. The van der Waals surface area contributed by atoms with Gasteiger partial charge in [0.25, 0.3) is 5.91 Å². The molecule has 0 saturated heterocycles. The van der Waals surface area contributed by atoms with Crippen LogP contribution in [0, 0.1) is 11.6 Å². The molecule has 18 heavy (non-hydrogen) atoms. The maximum atomic E-state index is 13.3. The number of nitrogens with zero attached hydrogens (tertiary/aromatic N) is 1. The Morgan fingerprint density at radius 1 is 1.28 bits per heavy atom. The summed E-state index contributed by atoms with van der Waals surface area (Å²) in [6.07, 6.45) is 0. The molecule has 0 spiro atoms. The molecule has 1 amide bonds. The van der Waals surface area contributed by atoms with Crippen molar-refractivity contribution in [1.29, 1.82) is 0 Å². The van der Waals surface area contributed by atoms with E-state index in [-0.39, 0.29) is 24.0 Å². The van der Waals surface area contributed by atoms with Gasteiger partial charge in [-0.1, -0.05) is 0 Å². The quantitative estimate of drug-likeness (QED) is 0.819. The van der Waals surface area contributed by atoms with E-state index in [1.54, 1.807) is 0 Å². The topological polar surface area (TPSA) is 55.6 Å². The van der Waals surface area contributed by atoms with Crippen LogP contribution >= 0.6 is 0 Å². The van der Waals surface area contributed by atoms with E-state index in [0.717, 1.165) is 12.1 Å². The van der Waals surface area contributed by atoms with Crippen LogP contribution in [0.3, 0.4) is 0 Å². The van der Waals surface area contributed by atoms with Gasteiger partial charge in [0.15, 0.2) is 18.2 Å². The highest BCUT2D eigenvalue weighted by molar-refractivity contribution is 5.77. The molecule has 4 nitrogen and oxygen atoms in total. The fourth-order valence-corrected chi connectivity index (χ4v) is 1.46. The molecule has 1 rings (SSSR count). The van der Waals surface area contributed by atoms with E-state index in [1.165, 1.54) is 4.90 Å². The number of hydrogen-bond donors (Lipinski definition) is 1. The Labute approximate surface area is 104 Å². The summed E-state index contributed by atoms with van der Waals surface area (Å²) in [5.41, 5.74) is 4.89. The molecule has 0 aromatic heterocycles. The normalized spacial score (nSPS) is 10.2. The molecule has 0 unspecified atom stereocenters. The lowest BCUT2D eigenvalue weighted by atomic mass is 10.3. The summed E-state index contributed by atoms with van der Waals surface area (Å²) in [7, 11) is 0. The van der Waals surface area contributed by atoms with Gasteiger partial charge < -0.3 is 15.4 Å². The van der Waals surface area contributed by atoms with Crippen LogP contribution in [0.4, 0.5) is 14.5 Å². The van der Waals surface area contributed by atoms with Gasteiger partial charge in [0.2, 0.25) is 0 Å². The Hall–Kier alpha value is -1.85. The third kappa shape index (κ3) is 3.32. The third-order valence-corrected chi connectivity index (χ3v) is 2.52. The molecule has 0 radical (unpaired) electrons. The lowest BCUT2D eigenvalue weighted by Gasteiger charge is -2.18. The number of carbonyl (C=O) groups is 1. The number of amides is 1. The second-order valence-corrected chi connectivity index (χ2v) is 3.66. The Balaban J connectivity index is 2.69. The lowest BCUT2D eigenvalue weighted by Crippen LogP contribution is -2.34. The molecular formula is C12H16F2N2O2. The Kier molecular flexibility index (Phi) is 4.88. The van der Waals surface area contributed by atoms with Crippen molar-refractivity contribution in [3.8, 4) is 5.75 Å². The summed E-state index contributed by atoms with van der Waals surface area (Å²) >= 11 is 0. The summed E-state index contributed by atoms with van der Waals surface area (Å²) in [6, 6.07) is 1.66. The smallest absolute Gasteiger partial charge is 0.260 e. The zero-order valence-corrected chi connectivity index (χ0v) is 10.4. The van der Waals surface area contributed by atoms with Gasteiger partial charge in [0, 0.05) is 25.2 Å². The van der Waals surface area contributed by atoms with Gasteiger partial charge in [-0.2, -0.15) is 0 Å². The zero-order valence-electron chi connectivity index (χ0n) is 10.4. The first-order valence-electron chi connectivity index (χ1n) is 5.64. The summed E-state index contributed by atoms with van der Waals surface area (Å²) in [5, 5.41) is 0. The number of halogens is 2. The van der Waals surface area contributed by atoms with Crippen molar-refractivity contribution in [2.45, 2.75) is 13.8 Å². The summed E-state index contributed by atoms with van der Waals surface area (Å²) in [5.74, 6) is -2.17. The highest BCUT2D eigenvalue weighted by atomic mass is 19.1. The number of carbonyl (C=O) groups excluding carboxylic acids is 1. The molecule has 0 heterocycles.